The maximum Gasteiger partial charge on any atom is 0.295 e. The van der Waals surface area contributed by atoms with Crippen LogP contribution in [0.1, 0.15) is 5.69 Å². The lowest BCUT2D eigenvalue weighted by atomic mass is 10.0. The third-order valence-corrected chi connectivity index (χ3v) is 6.50. The minimum Gasteiger partial charge on any atom is -0.325 e. The lowest BCUT2D eigenvalue weighted by Crippen LogP contribution is -2.24. The van der Waals surface area contributed by atoms with E-state index in [1.807, 2.05) is 84.9 Å². The van der Waals surface area contributed by atoms with Gasteiger partial charge in [-0.3, -0.25) is 19.1 Å². The maximum atomic E-state index is 12.9. The Morgan fingerprint density at radius 1 is 0.800 bits per heavy atom. The number of thioether (sulfide) groups is 1. The van der Waals surface area contributed by atoms with E-state index in [-0.39, 0.29) is 34.6 Å². The number of rotatable bonds is 8. The fourth-order valence-corrected chi connectivity index (χ4v) is 4.39. The van der Waals surface area contributed by atoms with Crippen LogP contribution in [-0.2, 0) is 16.6 Å². The second kappa shape index (κ2) is 10.9. The summed E-state index contributed by atoms with van der Waals surface area (Å²) in [6, 6.07) is 26.7. The first-order valence-corrected chi connectivity index (χ1v) is 12.3. The fraction of sp³-hybridized carbons (Fsp3) is 0.148. The number of aromatic nitrogens is 2. The van der Waals surface area contributed by atoms with E-state index in [0.717, 1.165) is 16.8 Å². The summed E-state index contributed by atoms with van der Waals surface area (Å²) in [5.41, 5.74) is 3.95. The van der Waals surface area contributed by atoms with E-state index in [4.69, 9.17) is 0 Å². The molecule has 35 heavy (non-hydrogen) atoms. The monoisotopic (exact) mass is 486 g/mol. The predicted molar refractivity (Wildman–Crippen MR) is 142 cm³/mol. The zero-order valence-corrected chi connectivity index (χ0v) is 20.3. The summed E-state index contributed by atoms with van der Waals surface area (Å²) in [5.74, 6) is -0.377. The Balaban J connectivity index is 1.35. The minimum atomic E-state index is -0.335. The van der Waals surface area contributed by atoms with Crippen molar-refractivity contribution in [2.24, 2.45) is 7.05 Å². The van der Waals surface area contributed by atoms with E-state index in [1.165, 1.54) is 16.4 Å². The van der Waals surface area contributed by atoms with E-state index in [1.54, 1.807) is 18.7 Å². The highest BCUT2D eigenvalue weighted by molar-refractivity contribution is 8.00. The number of carbonyl (C=O) groups excluding carboxylic acids is 2. The van der Waals surface area contributed by atoms with Gasteiger partial charge in [0, 0.05) is 18.3 Å². The summed E-state index contributed by atoms with van der Waals surface area (Å²) >= 11 is 1.19. The molecule has 4 rings (SSSR count). The standard InChI is InChI=1S/C27H26N4O3S/c1-19-26(27(34)31(30(19)2)21-13-7-4-8-14-21)29-25(33)18-35-17-24(32)28-23-16-10-9-15-22(23)20-11-5-3-6-12-20/h3-16H,17-18H2,1-2H3,(H,28,32)(H,29,33). The molecule has 7 nitrogen and oxygen atoms in total. The number of nitrogens with one attached hydrogen (secondary N) is 2. The smallest absolute Gasteiger partial charge is 0.295 e. The second-order valence-electron chi connectivity index (χ2n) is 7.94. The van der Waals surface area contributed by atoms with Crippen LogP contribution in [0.4, 0.5) is 11.4 Å². The van der Waals surface area contributed by atoms with E-state index in [9.17, 15) is 14.4 Å². The number of nitrogens with zero attached hydrogens (tertiary/aromatic N) is 2. The summed E-state index contributed by atoms with van der Waals surface area (Å²) in [4.78, 5) is 38.0. The minimum absolute atomic E-state index is 0.0485. The van der Waals surface area contributed by atoms with Crippen LogP contribution in [0.2, 0.25) is 0 Å². The molecule has 0 aliphatic rings. The van der Waals surface area contributed by atoms with Crippen molar-refractivity contribution in [1.82, 2.24) is 9.36 Å². The predicted octanol–water partition coefficient (Wildman–Crippen LogP) is 4.46. The third-order valence-electron chi connectivity index (χ3n) is 5.57. The average Bonchev–Trinajstić information content (AvgIpc) is 3.08. The first kappa shape index (κ1) is 24.1. The van der Waals surface area contributed by atoms with E-state index < -0.39 is 0 Å². The average molecular weight is 487 g/mol. The third kappa shape index (κ3) is 5.55. The molecule has 0 aliphatic heterocycles. The van der Waals surface area contributed by atoms with Gasteiger partial charge in [-0.05, 0) is 30.7 Å². The van der Waals surface area contributed by atoms with Crippen molar-refractivity contribution < 1.29 is 9.59 Å². The van der Waals surface area contributed by atoms with E-state index in [2.05, 4.69) is 10.6 Å². The van der Waals surface area contributed by atoms with Crippen molar-refractivity contribution in [3.8, 4) is 16.8 Å². The zero-order valence-electron chi connectivity index (χ0n) is 19.5. The van der Waals surface area contributed by atoms with Crippen LogP contribution in [0.25, 0.3) is 16.8 Å². The molecule has 0 spiro atoms. The second-order valence-corrected chi connectivity index (χ2v) is 8.92. The molecular weight excluding hydrogens is 460 g/mol. The van der Waals surface area contributed by atoms with Gasteiger partial charge in [0.05, 0.1) is 22.9 Å². The number of carbonyl (C=O) groups is 2. The quantitative estimate of drug-likeness (QED) is 0.385. The van der Waals surface area contributed by atoms with Crippen molar-refractivity contribution in [3.63, 3.8) is 0 Å². The molecule has 4 aromatic rings. The van der Waals surface area contributed by atoms with Crippen LogP contribution in [0.15, 0.2) is 89.7 Å². The Kier molecular flexibility index (Phi) is 7.52. The van der Waals surface area contributed by atoms with Gasteiger partial charge in [0.1, 0.15) is 5.69 Å². The normalized spacial score (nSPS) is 10.7. The van der Waals surface area contributed by atoms with Gasteiger partial charge >= 0.3 is 0 Å². The molecule has 0 saturated carbocycles. The first-order chi connectivity index (χ1) is 17.0. The Morgan fingerprint density at radius 2 is 1.37 bits per heavy atom. The van der Waals surface area contributed by atoms with Gasteiger partial charge < -0.3 is 10.6 Å². The van der Waals surface area contributed by atoms with E-state index in [0.29, 0.717) is 11.4 Å². The molecule has 178 valence electrons. The Labute approximate surface area is 207 Å². The number of anilines is 2. The summed E-state index contributed by atoms with van der Waals surface area (Å²) in [7, 11) is 1.77. The van der Waals surface area contributed by atoms with E-state index >= 15 is 0 Å². The van der Waals surface area contributed by atoms with Gasteiger partial charge in [0.25, 0.3) is 5.56 Å². The van der Waals surface area contributed by atoms with Crippen molar-refractivity contribution in [1.29, 1.82) is 0 Å². The van der Waals surface area contributed by atoms with Crippen LogP contribution in [-0.4, -0.2) is 32.7 Å². The van der Waals surface area contributed by atoms with Crippen LogP contribution >= 0.6 is 11.8 Å². The highest BCUT2D eigenvalue weighted by Crippen LogP contribution is 2.27. The fourth-order valence-electron chi connectivity index (χ4n) is 3.77. The molecule has 0 fully saturated rings. The lowest BCUT2D eigenvalue weighted by molar-refractivity contribution is -0.114. The number of benzene rings is 3. The molecule has 0 aliphatic carbocycles. The Hall–Kier alpha value is -4.04. The maximum absolute atomic E-state index is 12.9. The zero-order chi connectivity index (χ0) is 24.8. The molecule has 3 aromatic carbocycles. The van der Waals surface area contributed by atoms with Gasteiger partial charge in [-0.2, -0.15) is 0 Å². The van der Waals surface area contributed by atoms with Gasteiger partial charge in [-0.15, -0.1) is 11.8 Å². The molecule has 1 heterocycles. The topological polar surface area (TPSA) is 85.1 Å². The highest BCUT2D eigenvalue weighted by Gasteiger charge is 2.18. The highest BCUT2D eigenvalue weighted by atomic mass is 32.2. The Bertz CT molecular complexity index is 1400. The van der Waals surface area contributed by atoms with Crippen LogP contribution in [0.5, 0.6) is 0 Å². The first-order valence-electron chi connectivity index (χ1n) is 11.1. The number of hydrogen-bond acceptors (Lipinski definition) is 4. The molecule has 0 unspecified atom stereocenters. The van der Waals surface area contributed by atoms with Crippen LogP contribution in [0.3, 0.4) is 0 Å². The molecule has 8 heteroatoms. The molecule has 0 radical (unpaired) electrons. The van der Waals surface area contributed by atoms with Gasteiger partial charge in [-0.1, -0.05) is 66.7 Å². The number of hydrogen-bond donors (Lipinski definition) is 2. The molecule has 2 N–H and O–H groups in total. The van der Waals surface area contributed by atoms with Crippen LogP contribution < -0.4 is 16.2 Å². The Morgan fingerprint density at radius 3 is 2.06 bits per heavy atom. The van der Waals surface area contributed by atoms with Gasteiger partial charge in [0.2, 0.25) is 11.8 Å². The summed E-state index contributed by atoms with van der Waals surface area (Å²) < 4.78 is 3.22. The van der Waals surface area contributed by atoms with Crippen molar-refractivity contribution in [2.75, 3.05) is 22.1 Å². The lowest BCUT2D eigenvalue weighted by Gasteiger charge is -2.11. The van der Waals surface area contributed by atoms with Crippen molar-refractivity contribution in [2.45, 2.75) is 6.92 Å². The summed E-state index contributed by atoms with van der Waals surface area (Å²) in [5, 5.41) is 5.65. The SMILES string of the molecule is Cc1c(NC(=O)CSCC(=O)Nc2ccccc2-c2ccccc2)c(=O)n(-c2ccccc2)n1C. The largest absolute Gasteiger partial charge is 0.325 e. The molecule has 2 amide bonds. The molecule has 0 saturated heterocycles. The van der Waals surface area contributed by atoms with Crippen LogP contribution in [0, 0.1) is 6.92 Å². The van der Waals surface area contributed by atoms with Crippen molar-refractivity contribution >= 4 is 35.0 Å². The van der Waals surface area contributed by atoms with Gasteiger partial charge in [-0.25, -0.2) is 4.68 Å². The molecule has 1 aromatic heterocycles. The summed E-state index contributed by atoms with van der Waals surface area (Å²) in [6.45, 7) is 1.78. The molecule has 0 atom stereocenters. The summed E-state index contributed by atoms with van der Waals surface area (Å²) in [6.07, 6.45) is 0. The van der Waals surface area contributed by atoms with Crippen molar-refractivity contribution in [3.05, 3.63) is 101 Å². The molecule has 0 bridgehead atoms. The molecular formula is C27H26N4O3S. The number of amides is 2. The number of para-hydroxylation sites is 2. The van der Waals surface area contributed by atoms with Gasteiger partial charge in [0.15, 0.2) is 0 Å².